The first-order chi connectivity index (χ1) is 43.6. The van der Waals surface area contributed by atoms with Gasteiger partial charge in [-0.05, 0) is 49.4 Å². The minimum absolute atomic E-state index is 0.104. The van der Waals surface area contributed by atoms with Gasteiger partial charge in [-0.3, -0.25) is 37.3 Å². The molecule has 5 atom stereocenters. The van der Waals surface area contributed by atoms with Crippen LogP contribution in [-0.2, 0) is 65.4 Å². The minimum atomic E-state index is -4.95. The van der Waals surface area contributed by atoms with E-state index in [1.165, 1.54) is 161 Å². The zero-order valence-electron chi connectivity index (χ0n) is 59.5. The normalized spacial score (nSPS) is 14.2. The third-order valence-electron chi connectivity index (χ3n) is 16.6. The van der Waals surface area contributed by atoms with Gasteiger partial charge in [-0.1, -0.05) is 306 Å². The molecule has 3 unspecified atom stereocenters. The van der Waals surface area contributed by atoms with Crippen LogP contribution in [0.5, 0.6) is 0 Å². The maximum absolute atomic E-state index is 13.0. The predicted octanol–water partition coefficient (Wildman–Crippen LogP) is 20.5. The summed E-state index contributed by atoms with van der Waals surface area (Å²) in [6, 6.07) is 0. The molecule has 0 heterocycles. The Morgan fingerprint density at radius 3 is 0.681 bits per heavy atom. The van der Waals surface area contributed by atoms with Crippen LogP contribution in [0.1, 0.15) is 357 Å². The van der Waals surface area contributed by atoms with E-state index in [1.54, 1.807) is 0 Å². The Balaban J connectivity index is 5.26. The lowest BCUT2D eigenvalue weighted by Crippen LogP contribution is -2.30. The van der Waals surface area contributed by atoms with Gasteiger partial charge in [-0.2, -0.15) is 0 Å². The molecular weight excluding hydrogens is 1200 g/mol. The van der Waals surface area contributed by atoms with Gasteiger partial charge in [0.2, 0.25) is 0 Å². The maximum atomic E-state index is 13.0. The third kappa shape index (κ3) is 66.5. The number of aliphatic hydroxyl groups excluding tert-OH is 1. The van der Waals surface area contributed by atoms with Crippen LogP contribution in [-0.4, -0.2) is 96.7 Å². The molecule has 0 aromatic heterocycles. The van der Waals surface area contributed by atoms with Crippen molar-refractivity contribution in [1.29, 1.82) is 0 Å². The molecule has 0 aliphatic carbocycles. The number of esters is 4. The average molecular weight is 1340 g/mol. The molecule has 17 nitrogen and oxygen atoms in total. The summed E-state index contributed by atoms with van der Waals surface area (Å²) in [6.45, 7) is 14.1. The number of carbonyl (C=O) groups excluding carboxylic acids is 4. The molecule has 0 aromatic carbocycles. The van der Waals surface area contributed by atoms with Crippen molar-refractivity contribution in [3.8, 4) is 0 Å². The molecule has 0 saturated heterocycles. The second kappa shape index (κ2) is 61.6. The van der Waals surface area contributed by atoms with Crippen LogP contribution in [0.15, 0.2) is 0 Å². The SMILES string of the molecule is CC(C)CCCCCCCCCCCCCCCC(=O)O[C@H](COC(=O)CCCCCCCCCCCC(C)C)COP(=O)(O)OCC(O)COP(=O)(O)OC[C@@H](COC(=O)CCCCCCCCCCC(C)C)OC(=O)CCCCCCCCCCCC(C)C. The number of carbonyl (C=O) groups is 4. The fourth-order valence-electron chi connectivity index (χ4n) is 10.8. The number of ether oxygens (including phenoxy) is 4. The number of aliphatic hydroxyl groups is 1. The zero-order chi connectivity index (χ0) is 67.5. The van der Waals surface area contributed by atoms with E-state index in [2.05, 4.69) is 55.4 Å². The van der Waals surface area contributed by atoms with Gasteiger partial charge in [0, 0.05) is 25.7 Å². The first-order valence-corrected chi connectivity index (χ1v) is 40.2. The molecule has 0 spiro atoms. The lowest BCUT2D eigenvalue weighted by Gasteiger charge is -2.21. The van der Waals surface area contributed by atoms with Crippen molar-refractivity contribution in [2.75, 3.05) is 39.6 Å². The first kappa shape index (κ1) is 89.1. The minimum Gasteiger partial charge on any atom is -0.462 e. The highest BCUT2D eigenvalue weighted by Crippen LogP contribution is 2.45. The number of phosphoric acid groups is 2. The summed E-state index contributed by atoms with van der Waals surface area (Å²) in [5.74, 6) is 0.866. The summed E-state index contributed by atoms with van der Waals surface area (Å²) in [7, 11) is -9.91. The van der Waals surface area contributed by atoms with Crippen LogP contribution < -0.4 is 0 Å². The second-order valence-electron chi connectivity index (χ2n) is 27.9. The highest BCUT2D eigenvalue weighted by molar-refractivity contribution is 7.47. The molecule has 0 saturated carbocycles. The number of rotatable bonds is 69. The highest BCUT2D eigenvalue weighted by Gasteiger charge is 2.30. The highest BCUT2D eigenvalue weighted by atomic mass is 31.2. The van der Waals surface area contributed by atoms with E-state index in [1.807, 2.05) is 0 Å². The van der Waals surface area contributed by atoms with Crippen molar-refractivity contribution in [2.45, 2.75) is 375 Å². The summed E-state index contributed by atoms with van der Waals surface area (Å²) in [5, 5.41) is 10.6. The second-order valence-corrected chi connectivity index (χ2v) is 30.8. The first-order valence-electron chi connectivity index (χ1n) is 37.2. The number of hydrogen-bond acceptors (Lipinski definition) is 15. The molecule has 0 aliphatic rings. The fourth-order valence-corrected chi connectivity index (χ4v) is 12.4. The summed E-state index contributed by atoms with van der Waals surface area (Å²) >= 11 is 0. The maximum Gasteiger partial charge on any atom is 0.472 e. The molecule has 0 aliphatic heterocycles. The number of phosphoric ester groups is 2. The Morgan fingerprint density at radius 1 is 0.275 bits per heavy atom. The van der Waals surface area contributed by atoms with Gasteiger partial charge in [-0.25, -0.2) is 9.13 Å². The van der Waals surface area contributed by atoms with Crippen LogP contribution in [0.3, 0.4) is 0 Å². The van der Waals surface area contributed by atoms with Gasteiger partial charge in [-0.15, -0.1) is 0 Å². The van der Waals surface area contributed by atoms with Gasteiger partial charge in [0.1, 0.15) is 19.3 Å². The molecule has 540 valence electrons. The van der Waals surface area contributed by atoms with Gasteiger partial charge in [0.25, 0.3) is 0 Å². The van der Waals surface area contributed by atoms with Crippen LogP contribution in [0.25, 0.3) is 0 Å². The zero-order valence-corrected chi connectivity index (χ0v) is 61.3. The monoisotopic (exact) mass is 1340 g/mol. The molecule has 0 rings (SSSR count). The average Bonchev–Trinajstić information content (AvgIpc) is 3.63. The van der Waals surface area contributed by atoms with Crippen LogP contribution in [0, 0.1) is 23.7 Å². The Kier molecular flexibility index (Phi) is 60.3. The lowest BCUT2D eigenvalue weighted by molar-refractivity contribution is -0.161. The predicted molar refractivity (Wildman–Crippen MR) is 367 cm³/mol. The Labute approximate surface area is 556 Å². The van der Waals surface area contributed by atoms with Gasteiger partial charge >= 0.3 is 39.5 Å². The van der Waals surface area contributed by atoms with Gasteiger partial charge < -0.3 is 33.8 Å². The molecule has 0 radical (unpaired) electrons. The van der Waals surface area contributed by atoms with E-state index in [4.69, 9.17) is 37.0 Å². The molecule has 0 fully saturated rings. The smallest absolute Gasteiger partial charge is 0.462 e. The molecule has 0 bridgehead atoms. The van der Waals surface area contributed by atoms with E-state index < -0.39 is 97.5 Å². The largest absolute Gasteiger partial charge is 0.472 e. The number of unbranched alkanes of at least 4 members (excludes halogenated alkanes) is 35. The van der Waals surface area contributed by atoms with Crippen LogP contribution >= 0.6 is 15.6 Å². The van der Waals surface area contributed by atoms with Crippen molar-refractivity contribution in [3.63, 3.8) is 0 Å². The van der Waals surface area contributed by atoms with E-state index in [0.717, 1.165) is 114 Å². The fraction of sp³-hybridized carbons (Fsp3) is 0.944. The van der Waals surface area contributed by atoms with Crippen molar-refractivity contribution in [2.24, 2.45) is 23.7 Å². The molecule has 3 N–H and O–H groups in total. The van der Waals surface area contributed by atoms with Crippen molar-refractivity contribution in [1.82, 2.24) is 0 Å². The van der Waals surface area contributed by atoms with E-state index in [0.29, 0.717) is 25.7 Å². The van der Waals surface area contributed by atoms with E-state index >= 15 is 0 Å². The Morgan fingerprint density at radius 2 is 0.462 bits per heavy atom. The molecule has 0 amide bonds. The standard InChI is InChI=1S/C72H140O17P2/c1-62(2)48-40-32-24-16-12-10-9-11-13-19-30-38-46-54-71(76)88-67(58-82-69(74)52-44-36-28-20-14-17-25-33-41-49-63(3)4)60-86-90(78,79)84-56-66(73)57-85-91(80,81)87-61-68(59-83-70(75)53-45-37-29-23-22-27-35-43-51-65(7)8)89-72(77)55-47-39-31-21-15-18-26-34-42-50-64(5)6/h62-68,73H,9-61H2,1-8H3,(H,78,79)(H,80,81)/t66?,67-,68-/m1/s1. The lowest BCUT2D eigenvalue weighted by atomic mass is 10.0. The van der Waals surface area contributed by atoms with E-state index in [-0.39, 0.29) is 25.7 Å². The van der Waals surface area contributed by atoms with Crippen LogP contribution in [0.2, 0.25) is 0 Å². The third-order valence-corrected chi connectivity index (χ3v) is 18.5. The summed E-state index contributed by atoms with van der Waals surface area (Å²) in [6.07, 6.45) is 44.5. The number of hydrogen-bond donors (Lipinski definition) is 3. The van der Waals surface area contributed by atoms with Crippen molar-refractivity contribution >= 4 is 39.5 Å². The van der Waals surface area contributed by atoms with Crippen molar-refractivity contribution < 1.29 is 80.2 Å². The summed E-state index contributed by atoms with van der Waals surface area (Å²) in [4.78, 5) is 72.6. The molecular formula is C72H140O17P2. The topological polar surface area (TPSA) is 237 Å². The van der Waals surface area contributed by atoms with Gasteiger partial charge in [0.15, 0.2) is 12.2 Å². The quantitative estimate of drug-likeness (QED) is 0.0222. The Hall–Kier alpha value is -1.94. The summed E-state index contributed by atoms with van der Waals surface area (Å²) < 4.78 is 68.4. The Bertz CT molecular complexity index is 1800. The van der Waals surface area contributed by atoms with E-state index in [9.17, 15) is 43.2 Å². The summed E-state index contributed by atoms with van der Waals surface area (Å²) in [5.41, 5.74) is 0. The van der Waals surface area contributed by atoms with Crippen molar-refractivity contribution in [3.05, 3.63) is 0 Å². The van der Waals surface area contributed by atoms with Crippen LogP contribution in [0.4, 0.5) is 0 Å². The molecule has 0 aromatic rings. The van der Waals surface area contributed by atoms with Gasteiger partial charge in [0.05, 0.1) is 26.4 Å². The molecule has 91 heavy (non-hydrogen) atoms. The molecule has 19 heteroatoms.